The predicted octanol–water partition coefficient (Wildman–Crippen LogP) is 4.74. The number of hydrogen-bond acceptors (Lipinski definition) is 2. The van der Waals surface area contributed by atoms with Gasteiger partial charge in [-0.1, -0.05) is 13.3 Å². The molecule has 1 aromatic carbocycles. The molecule has 1 unspecified atom stereocenters. The molecule has 26 heavy (non-hydrogen) atoms. The Kier molecular flexibility index (Phi) is 5.90. The maximum Gasteiger partial charge on any atom is 0.230 e. The Balaban J connectivity index is 2.22. The number of likely N-dealkylation sites (N-methyl/N-ethyl adjacent to an activating group) is 1. The van der Waals surface area contributed by atoms with Crippen LogP contribution in [0, 0.1) is 0 Å². The molecule has 2 aromatic rings. The number of carbonyl (C=O) groups is 1. The van der Waals surface area contributed by atoms with E-state index in [1.165, 1.54) is 22.2 Å². The highest BCUT2D eigenvalue weighted by molar-refractivity contribution is 5.94. The zero-order chi connectivity index (χ0) is 18.7. The topological polar surface area (TPSA) is 34.5 Å². The van der Waals surface area contributed by atoms with E-state index in [0.29, 0.717) is 0 Å². The number of nitrogens with zero attached hydrogens (tertiary/aromatic N) is 2. The minimum atomic E-state index is -0.0277. The SMILES string of the molecule is CCCn1c2c(c3cc(OC)ccc31)C(C(=O)N(CC)CC)CCCC2. The van der Waals surface area contributed by atoms with Gasteiger partial charge in [-0.15, -0.1) is 0 Å². The van der Waals surface area contributed by atoms with E-state index in [-0.39, 0.29) is 11.8 Å². The summed E-state index contributed by atoms with van der Waals surface area (Å²) < 4.78 is 7.95. The van der Waals surface area contributed by atoms with Gasteiger partial charge in [0, 0.05) is 36.2 Å². The van der Waals surface area contributed by atoms with Crippen molar-refractivity contribution in [2.45, 2.75) is 65.3 Å². The fraction of sp³-hybridized carbons (Fsp3) is 0.591. The van der Waals surface area contributed by atoms with E-state index < -0.39 is 0 Å². The summed E-state index contributed by atoms with van der Waals surface area (Å²) in [5.41, 5.74) is 3.89. The molecule has 0 saturated heterocycles. The van der Waals surface area contributed by atoms with Crippen molar-refractivity contribution >= 4 is 16.8 Å². The predicted molar refractivity (Wildman–Crippen MR) is 107 cm³/mol. The summed E-state index contributed by atoms with van der Waals surface area (Å²) >= 11 is 0. The minimum Gasteiger partial charge on any atom is -0.497 e. The molecule has 0 spiro atoms. The number of fused-ring (bicyclic) bond motifs is 3. The number of ether oxygens (including phenoxy) is 1. The molecule has 1 amide bonds. The van der Waals surface area contributed by atoms with Crippen LogP contribution in [0.2, 0.25) is 0 Å². The normalized spacial score (nSPS) is 17.0. The van der Waals surface area contributed by atoms with Gasteiger partial charge in [-0.25, -0.2) is 0 Å². The van der Waals surface area contributed by atoms with Crippen molar-refractivity contribution in [2.24, 2.45) is 0 Å². The first kappa shape index (κ1) is 18.8. The third kappa shape index (κ3) is 3.22. The molecule has 1 aliphatic rings. The summed E-state index contributed by atoms with van der Waals surface area (Å²) in [5.74, 6) is 1.13. The summed E-state index contributed by atoms with van der Waals surface area (Å²) in [7, 11) is 1.71. The van der Waals surface area contributed by atoms with Gasteiger partial charge in [0.2, 0.25) is 5.91 Å². The number of benzene rings is 1. The lowest BCUT2D eigenvalue weighted by Crippen LogP contribution is -2.35. The number of carbonyl (C=O) groups excluding carboxylic acids is 1. The van der Waals surface area contributed by atoms with Gasteiger partial charge >= 0.3 is 0 Å². The average Bonchev–Trinajstić information content (AvgIpc) is 2.82. The molecule has 3 rings (SSSR count). The lowest BCUT2D eigenvalue weighted by Gasteiger charge is -2.25. The van der Waals surface area contributed by atoms with E-state index in [1.54, 1.807) is 7.11 Å². The van der Waals surface area contributed by atoms with E-state index >= 15 is 0 Å². The number of aromatic nitrogens is 1. The zero-order valence-corrected chi connectivity index (χ0v) is 16.7. The molecular weight excluding hydrogens is 324 g/mol. The summed E-state index contributed by atoms with van der Waals surface area (Å²) in [6, 6.07) is 6.33. The summed E-state index contributed by atoms with van der Waals surface area (Å²) in [6.45, 7) is 8.92. The molecule has 0 radical (unpaired) electrons. The van der Waals surface area contributed by atoms with Crippen LogP contribution < -0.4 is 4.74 Å². The van der Waals surface area contributed by atoms with Crippen molar-refractivity contribution in [3.05, 3.63) is 29.5 Å². The number of methoxy groups -OCH3 is 1. The van der Waals surface area contributed by atoms with Crippen LogP contribution in [0.4, 0.5) is 0 Å². The molecule has 142 valence electrons. The highest BCUT2D eigenvalue weighted by atomic mass is 16.5. The Hall–Kier alpha value is -1.97. The number of hydrogen-bond donors (Lipinski definition) is 0. The van der Waals surface area contributed by atoms with Crippen molar-refractivity contribution in [3.8, 4) is 5.75 Å². The van der Waals surface area contributed by atoms with Gasteiger partial charge in [-0.3, -0.25) is 4.79 Å². The van der Waals surface area contributed by atoms with E-state index in [0.717, 1.165) is 57.5 Å². The first-order valence-corrected chi connectivity index (χ1v) is 10.1. The number of aryl methyl sites for hydroxylation is 1. The van der Waals surface area contributed by atoms with E-state index in [4.69, 9.17) is 4.74 Å². The molecule has 1 atom stereocenters. The fourth-order valence-electron chi connectivity index (χ4n) is 4.46. The largest absolute Gasteiger partial charge is 0.497 e. The van der Waals surface area contributed by atoms with Gasteiger partial charge in [0.1, 0.15) is 5.75 Å². The Morgan fingerprint density at radius 3 is 2.65 bits per heavy atom. The molecule has 1 aromatic heterocycles. The van der Waals surface area contributed by atoms with Crippen molar-refractivity contribution in [1.29, 1.82) is 0 Å². The highest BCUT2D eigenvalue weighted by Gasteiger charge is 2.32. The summed E-state index contributed by atoms with van der Waals surface area (Å²) in [5, 5.41) is 1.21. The van der Waals surface area contributed by atoms with Gasteiger partial charge in [-0.2, -0.15) is 0 Å². The molecule has 4 heteroatoms. The monoisotopic (exact) mass is 356 g/mol. The molecule has 0 fully saturated rings. The van der Waals surface area contributed by atoms with Crippen LogP contribution in [0.15, 0.2) is 18.2 Å². The van der Waals surface area contributed by atoms with Crippen LogP contribution >= 0.6 is 0 Å². The second-order valence-electron chi connectivity index (χ2n) is 7.20. The van der Waals surface area contributed by atoms with E-state index in [9.17, 15) is 4.79 Å². The maximum atomic E-state index is 13.3. The van der Waals surface area contributed by atoms with Gasteiger partial charge < -0.3 is 14.2 Å². The molecule has 0 saturated carbocycles. The molecule has 0 aliphatic heterocycles. The number of rotatable bonds is 6. The third-order valence-corrected chi connectivity index (χ3v) is 5.75. The summed E-state index contributed by atoms with van der Waals surface area (Å²) in [4.78, 5) is 15.3. The second-order valence-corrected chi connectivity index (χ2v) is 7.20. The maximum absolute atomic E-state index is 13.3. The highest BCUT2D eigenvalue weighted by Crippen LogP contribution is 2.40. The van der Waals surface area contributed by atoms with E-state index in [2.05, 4.69) is 37.5 Å². The molecule has 4 nitrogen and oxygen atoms in total. The van der Waals surface area contributed by atoms with Crippen molar-refractivity contribution in [3.63, 3.8) is 0 Å². The van der Waals surface area contributed by atoms with Crippen LogP contribution in [0.5, 0.6) is 5.75 Å². The fourth-order valence-corrected chi connectivity index (χ4v) is 4.46. The number of amides is 1. The first-order chi connectivity index (χ1) is 12.7. The Morgan fingerprint density at radius 2 is 2.00 bits per heavy atom. The quantitative estimate of drug-likeness (QED) is 0.701. The Bertz CT molecular complexity index is 774. The molecular formula is C22H32N2O2. The Labute approximate surface area is 157 Å². The van der Waals surface area contributed by atoms with Gasteiger partial charge in [0.25, 0.3) is 0 Å². The molecule has 0 N–H and O–H groups in total. The van der Waals surface area contributed by atoms with Gasteiger partial charge in [0.05, 0.1) is 13.0 Å². The zero-order valence-electron chi connectivity index (χ0n) is 16.7. The van der Waals surface area contributed by atoms with Crippen molar-refractivity contribution in [1.82, 2.24) is 9.47 Å². The molecule has 1 heterocycles. The van der Waals surface area contributed by atoms with E-state index in [1.807, 2.05) is 11.0 Å². The lowest BCUT2D eigenvalue weighted by atomic mass is 9.92. The first-order valence-electron chi connectivity index (χ1n) is 10.1. The Morgan fingerprint density at radius 1 is 1.23 bits per heavy atom. The van der Waals surface area contributed by atoms with Crippen molar-refractivity contribution in [2.75, 3.05) is 20.2 Å². The molecule has 1 aliphatic carbocycles. The van der Waals surface area contributed by atoms with Gasteiger partial charge in [-0.05, 0) is 63.3 Å². The summed E-state index contributed by atoms with van der Waals surface area (Å²) in [6.07, 6.45) is 5.38. The van der Waals surface area contributed by atoms with Crippen LogP contribution in [-0.2, 0) is 17.8 Å². The van der Waals surface area contributed by atoms with Crippen LogP contribution in [0.3, 0.4) is 0 Å². The van der Waals surface area contributed by atoms with Crippen LogP contribution in [0.25, 0.3) is 10.9 Å². The second kappa shape index (κ2) is 8.15. The van der Waals surface area contributed by atoms with Crippen molar-refractivity contribution < 1.29 is 9.53 Å². The van der Waals surface area contributed by atoms with Crippen LogP contribution in [-0.4, -0.2) is 35.6 Å². The standard InChI is InChI=1S/C22H32N2O2/c1-5-14-24-19-13-12-16(26-4)15-18(19)21-17(10-8-9-11-20(21)24)22(25)23(6-2)7-3/h12-13,15,17H,5-11,14H2,1-4H3. The van der Waals surface area contributed by atoms with Gasteiger partial charge in [0.15, 0.2) is 0 Å². The average molecular weight is 357 g/mol. The van der Waals surface area contributed by atoms with Crippen LogP contribution in [0.1, 0.15) is 63.6 Å². The molecule has 0 bridgehead atoms. The minimum absolute atomic E-state index is 0.0277. The smallest absolute Gasteiger partial charge is 0.230 e. The third-order valence-electron chi connectivity index (χ3n) is 5.75. The lowest BCUT2D eigenvalue weighted by molar-refractivity contribution is -0.132.